The Morgan fingerprint density at radius 2 is 1.91 bits per heavy atom. The number of piperazine rings is 1. The Balaban J connectivity index is 1.49. The Hall–Kier alpha value is -3.01. The van der Waals surface area contributed by atoms with E-state index in [1.165, 1.54) is 0 Å². The fourth-order valence-corrected chi connectivity index (χ4v) is 3.51. The van der Waals surface area contributed by atoms with Crippen molar-refractivity contribution in [3.05, 3.63) is 47.8 Å². The maximum absolute atomic E-state index is 12.7. The average molecular weight is 448 g/mol. The van der Waals surface area contributed by atoms with Crippen LogP contribution in [0, 0.1) is 6.92 Å². The lowest BCUT2D eigenvalue weighted by molar-refractivity contribution is -0.0504. The minimum Gasteiger partial charge on any atom is -0.434 e. The largest absolute Gasteiger partial charge is 0.434 e. The lowest BCUT2D eigenvalue weighted by atomic mass is 10.1. The van der Waals surface area contributed by atoms with Gasteiger partial charge >= 0.3 is 6.61 Å². The molecule has 2 aromatic rings. The molecule has 3 rings (SSSR count). The summed E-state index contributed by atoms with van der Waals surface area (Å²) in [6.07, 6.45) is 3.53. The molecule has 1 aromatic heterocycles. The van der Waals surface area contributed by atoms with Crippen molar-refractivity contribution in [1.82, 2.24) is 25.5 Å². The van der Waals surface area contributed by atoms with Gasteiger partial charge in [0.2, 0.25) is 5.95 Å². The predicted molar refractivity (Wildman–Crippen MR) is 121 cm³/mol. The molecule has 2 N–H and O–H groups in total. The van der Waals surface area contributed by atoms with Crippen LogP contribution in [-0.2, 0) is 6.54 Å². The third-order valence-electron chi connectivity index (χ3n) is 5.11. The molecule has 0 spiro atoms. The van der Waals surface area contributed by atoms with E-state index in [0.717, 1.165) is 50.8 Å². The summed E-state index contributed by atoms with van der Waals surface area (Å²) >= 11 is 0. The molecule has 1 aliphatic heterocycles. The number of alkyl halides is 2. The van der Waals surface area contributed by atoms with E-state index < -0.39 is 6.61 Å². The molecule has 0 saturated carbocycles. The number of ether oxygens (including phenoxy) is 1. The first-order chi connectivity index (χ1) is 15.5. The van der Waals surface area contributed by atoms with Gasteiger partial charge in [-0.1, -0.05) is 17.7 Å². The Morgan fingerprint density at radius 3 is 2.59 bits per heavy atom. The van der Waals surface area contributed by atoms with Crippen LogP contribution in [0.1, 0.15) is 18.1 Å². The fourth-order valence-electron chi connectivity index (χ4n) is 3.51. The Morgan fingerprint density at radius 1 is 1.16 bits per heavy atom. The van der Waals surface area contributed by atoms with Gasteiger partial charge in [0.15, 0.2) is 5.96 Å². The Kier molecular flexibility index (Phi) is 8.97. The molecule has 0 aliphatic carbocycles. The van der Waals surface area contributed by atoms with Crippen LogP contribution in [-0.4, -0.2) is 73.3 Å². The second-order valence-corrected chi connectivity index (χ2v) is 7.49. The van der Waals surface area contributed by atoms with Crippen molar-refractivity contribution < 1.29 is 13.5 Å². The highest BCUT2D eigenvalue weighted by Crippen LogP contribution is 2.22. The maximum Gasteiger partial charge on any atom is 0.387 e. The van der Waals surface area contributed by atoms with E-state index in [9.17, 15) is 8.78 Å². The fraction of sp³-hybridized carbons (Fsp3) is 0.500. The average Bonchev–Trinajstić information content (AvgIpc) is 2.80. The molecule has 0 bridgehead atoms. The van der Waals surface area contributed by atoms with Crippen LogP contribution in [0.2, 0.25) is 0 Å². The van der Waals surface area contributed by atoms with E-state index in [-0.39, 0.29) is 12.3 Å². The van der Waals surface area contributed by atoms with Crippen molar-refractivity contribution in [2.45, 2.75) is 27.0 Å². The van der Waals surface area contributed by atoms with Gasteiger partial charge in [-0.25, -0.2) is 15.0 Å². The molecule has 174 valence electrons. The second-order valence-electron chi connectivity index (χ2n) is 7.49. The molecule has 0 radical (unpaired) electrons. The SMILES string of the molecule is CCNC(=NCc1cc(C)ccc1OC(F)F)NCCN1CCN(c2ncccn2)CC1. The van der Waals surface area contributed by atoms with Gasteiger partial charge in [0.25, 0.3) is 0 Å². The van der Waals surface area contributed by atoms with E-state index in [1.54, 1.807) is 24.5 Å². The maximum atomic E-state index is 12.7. The topological polar surface area (TPSA) is 77.9 Å². The van der Waals surface area contributed by atoms with Crippen LogP contribution < -0.4 is 20.3 Å². The molecule has 8 nitrogen and oxygen atoms in total. The van der Waals surface area contributed by atoms with Crippen molar-refractivity contribution in [3.63, 3.8) is 0 Å². The van der Waals surface area contributed by atoms with Gasteiger partial charge in [-0.2, -0.15) is 8.78 Å². The summed E-state index contributed by atoms with van der Waals surface area (Å²) in [6.45, 7) is 7.23. The van der Waals surface area contributed by atoms with Crippen molar-refractivity contribution in [2.24, 2.45) is 4.99 Å². The van der Waals surface area contributed by atoms with Gasteiger partial charge in [0.05, 0.1) is 6.54 Å². The number of halogens is 2. The number of aromatic nitrogens is 2. The number of hydrogen-bond acceptors (Lipinski definition) is 6. The minimum atomic E-state index is -2.86. The molecule has 0 amide bonds. The lowest BCUT2D eigenvalue weighted by Gasteiger charge is -2.34. The van der Waals surface area contributed by atoms with E-state index in [2.05, 4.69) is 40.1 Å². The first-order valence-electron chi connectivity index (χ1n) is 10.9. The first-order valence-corrected chi connectivity index (χ1v) is 10.9. The molecule has 1 fully saturated rings. The van der Waals surface area contributed by atoms with Gasteiger partial charge in [-0.05, 0) is 26.0 Å². The number of anilines is 1. The second kappa shape index (κ2) is 12.1. The zero-order valence-electron chi connectivity index (χ0n) is 18.6. The predicted octanol–water partition coefficient (Wildman–Crippen LogP) is 2.26. The summed E-state index contributed by atoms with van der Waals surface area (Å²) in [5.41, 5.74) is 1.59. The van der Waals surface area contributed by atoms with Gasteiger partial charge in [-0.3, -0.25) is 4.90 Å². The number of aliphatic imine (C=N–C) groups is 1. The number of nitrogens with one attached hydrogen (secondary N) is 2. The van der Waals surface area contributed by atoms with Crippen molar-refractivity contribution in [1.29, 1.82) is 0 Å². The highest BCUT2D eigenvalue weighted by molar-refractivity contribution is 5.79. The monoisotopic (exact) mass is 447 g/mol. The summed E-state index contributed by atoms with van der Waals surface area (Å²) in [5, 5.41) is 6.53. The van der Waals surface area contributed by atoms with Crippen molar-refractivity contribution in [3.8, 4) is 5.75 Å². The Bertz CT molecular complexity index is 859. The van der Waals surface area contributed by atoms with E-state index in [1.807, 2.05) is 26.0 Å². The molecule has 0 unspecified atom stereocenters. The molecule has 1 aromatic carbocycles. The van der Waals surface area contributed by atoms with Gasteiger partial charge in [-0.15, -0.1) is 0 Å². The van der Waals surface area contributed by atoms with E-state index in [0.29, 0.717) is 18.1 Å². The number of guanidine groups is 1. The quantitative estimate of drug-likeness (QED) is 0.451. The number of aryl methyl sites for hydroxylation is 1. The van der Waals surface area contributed by atoms with Crippen LogP contribution in [0.5, 0.6) is 5.75 Å². The summed E-state index contributed by atoms with van der Waals surface area (Å²) in [6, 6.07) is 6.95. The van der Waals surface area contributed by atoms with Gasteiger partial charge < -0.3 is 20.3 Å². The number of hydrogen-bond donors (Lipinski definition) is 2. The minimum absolute atomic E-state index is 0.158. The molecule has 10 heteroatoms. The lowest BCUT2D eigenvalue weighted by Crippen LogP contribution is -2.49. The van der Waals surface area contributed by atoms with Crippen molar-refractivity contribution >= 4 is 11.9 Å². The van der Waals surface area contributed by atoms with Crippen LogP contribution in [0.3, 0.4) is 0 Å². The van der Waals surface area contributed by atoms with Crippen LogP contribution in [0.15, 0.2) is 41.7 Å². The van der Waals surface area contributed by atoms with E-state index in [4.69, 9.17) is 0 Å². The summed E-state index contributed by atoms with van der Waals surface area (Å²) in [7, 11) is 0. The van der Waals surface area contributed by atoms with Gasteiger partial charge in [0.1, 0.15) is 5.75 Å². The molecule has 0 atom stereocenters. The molecule has 32 heavy (non-hydrogen) atoms. The summed E-state index contributed by atoms with van der Waals surface area (Å²) in [4.78, 5) is 17.8. The van der Waals surface area contributed by atoms with Crippen LogP contribution >= 0.6 is 0 Å². The molecule has 1 aliphatic rings. The highest BCUT2D eigenvalue weighted by Gasteiger charge is 2.18. The zero-order chi connectivity index (χ0) is 22.8. The zero-order valence-corrected chi connectivity index (χ0v) is 18.6. The van der Waals surface area contributed by atoms with Crippen LogP contribution in [0.25, 0.3) is 0 Å². The molecular weight excluding hydrogens is 416 g/mol. The standard InChI is InChI=1S/C22H31F2N7O/c1-3-25-21(29-16-18-15-17(2)5-6-19(18)32-20(23)24)26-9-10-30-11-13-31(14-12-30)22-27-7-4-8-28-22/h4-8,15,20H,3,9-14,16H2,1-2H3,(H2,25,26,29). The number of benzene rings is 1. The smallest absolute Gasteiger partial charge is 0.387 e. The van der Waals surface area contributed by atoms with Crippen molar-refractivity contribution in [2.75, 3.05) is 50.7 Å². The third kappa shape index (κ3) is 7.30. The van der Waals surface area contributed by atoms with Crippen LogP contribution in [0.4, 0.5) is 14.7 Å². The first kappa shape index (κ1) is 23.6. The molecule has 2 heterocycles. The molecule has 1 saturated heterocycles. The van der Waals surface area contributed by atoms with E-state index >= 15 is 0 Å². The normalized spacial score (nSPS) is 15.2. The number of rotatable bonds is 9. The molecular formula is C22H31F2N7O. The summed E-state index contributed by atoms with van der Waals surface area (Å²) < 4.78 is 30.0. The highest BCUT2D eigenvalue weighted by atomic mass is 19.3. The van der Waals surface area contributed by atoms with Gasteiger partial charge in [0, 0.05) is 63.8 Å². The number of nitrogens with zero attached hydrogens (tertiary/aromatic N) is 5. The third-order valence-corrected chi connectivity index (χ3v) is 5.11. The Labute approximate surface area is 187 Å². The summed E-state index contributed by atoms with van der Waals surface area (Å²) in [5.74, 6) is 1.58.